The summed E-state index contributed by atoms with van der Waals surface area (Å²) in [7, 11) is 0. The molecule has 0 unspecified atom stereocenters. The second kappa shape index (κ2) is 15.1. The number of anilines is 1. The molecule has 48 heavy (non-hydrogen) atoms. The summed E-state index contributed by atoms with van der Waals surface area (Å²) in [4.78, 5) is 31.3. The number of carbonyl (C=O) groups excluding carboxylic acids is 1. The average molecular weight is 671 g/mol. The molecule has 0 aliphatic carbocycles. The third-order valence-electron chi connectivity index (χ3n) is 7.42. The van der Waals surface area contributed by atoms with Gasteiger partial charge in [-0.1, -0.05) is 49.7 Å². The highest BCUT2D eigenvalue weighted by atomic mass is 35.5. The lowest BCUT2D eigenvalue weighted by atomic mass is 9.96. The lowest BCUT2D eigenvalue weighted by Crippen LogP contribution is -2.21. The monoisotopic (exact) mass is 670 g/mol. The number of hydrogen-bond acceptors (Lipinski definition) is 7. The predicted molar refractivity (Wildman–Crippen MR) is 188 cm³/mol. The van der Waals surface area contributed by atoms with Gasteiger partial charge in [0.15, 0.2) is 23.9 Å². The summed E-state index contributed by atoms with van der Waals surface area (Å²) < 4.78 is 32.7. The van der Waals surface area contributed by atoms with Crippen molar-refractivity contribution in [2.24, 2.45) is 5.10 Å². The standard InChI is InChI=1S/C37H36ClFN4O5/c1-6-46-32-16-23(5)27(19-26(32)22(3)4)36-42-30-14-10-8-12-25(30)37(45)43(36)40-20-24-17-28(38)35(33(18-24)47-7-2)48-21-34(44)41-31-15-11-9-13-29(31)39/h8-20,22H,6-7,21H2,1-5H3,(H,41,44). The first-order valence-corrected chi connectivity index (χ1v) is 16.0. The number of benzene rings is 4. The second-order valence-corrected chi connectivity index (χ2v) is 11.6. The van der Waals surface area contributed by atoms with Crippen LogP contribution in [0.4, 0.5) is 10.1 Å². The molecule has 0 bridgehead atoms. The number of carbonyl (C=O) groups is 1. The summed E-state index contributed by atoms with van der Waals surface area (Å²) in [6, 6.07) is 20.1. The van der Waals surface area contributed by atoms with Gasteiger partial charge in [-0.15, -0.1) is 0 Å². The van der Waals surface area contributed by atoms with E-state index in [-0.39, 0.29) is 40.3 Å². The average Bonchev–Trinajstić information content (AvgIpc) is 3.05. The molecule has 0 spiro atoms. The topological polar surface area (TPSA) is 104 Å². The molecule has 5 aromatic rings. The summed E-state index contributed by atoms with van der Waals surface area (Å²) in [5.74, 6) is 0.565. The van der Waals surface area contributed by atoms with Crippen molar-refractivity contribution in [2.45, 2.75) is 40.5 Å². The van der Waals surface area contributed by atoms with E-state index in [1.54, 1.807) is 43.3 Å². The van der Waals surface area contributed by atoms with Crippen LogP contribution in [-0.4, -0.2) is 41.6 Å². The van der Waals surface area contributed by atoms with Gasteiger partial charge >= 0.3 is 0 Å². The smallest absolute Gasteiger partial charge is 0.282 e. The van der Waals surface area contributed by atoms with Gasteiger partial charge in [0, 0.05) is 5.56 Å². The van der Waals surface area contributed by atoms with Gasteiger partial charge < -0.3 is 19.5 Å². The molecule has 0 radical (unpaired) electrons. The number of aromatic nitrogens is 2. The highest BCUT2D eigenvalue weighted by molar-refractivity contribution is 6.32. The number of halogens is 2. The molecule has 0 atom stereocenters. The van der Waals surface area contributed by atoms with Crippen LogP contribution in [0.25, 0.3) is 22.3 Å². The van der Waals surface area contributed by atoms with Gasteiger partial charge in [-0.05, 0) is 91.9 Å². The summed E-state index contributed by atoms with van der Waals surface area (Å²) in [6.07, 6.45) is 1.48. The molecular formula is C37H36ClFN4O5. The van der Waals surface area contributed by atoms with Gasteiger partial charge in [-0.2, -0.15) is 9.78 Å². The summed E-state index contributed by atoms with van der Waals surface area (Å²) in [5, 5.41) is 7.64. The maximum absolute atomic E-state index is 14.0. The molecule has 9 nitrogen and oxygen atoms in total. The van der Waals surface area contributed by atoms with Gasteiger partial charge in [0.2, 0.25) is 0 Å². The molecule has 1 aromatic heterocycles. The zero-order chi connectivity index (χ0) is 34.4. The number of amides is 1. The number of ether oxygens (including phenoxy) is 3. The third-order valence-corrected chi connectivity index (χ3v) is 7.70. The van der Waals surface area contributed by atoms with Gasteiger partial charge in [0.1, 0.15) is 11.6 Å². The Hall–Kier alpha value is -5.22. The van der Waals surface area contributed by atoms with E-state index in [9.17, 15) is 14.0 Å². The molecule has 11 heteroatoms. The first kappa shape index (κ1) is 34.1. The number of nitrogens with one attached hydrogen (secondary N) is 1. The van der Waals surface area contributed by atoms with E-state index in [0.29, 0.717) is 28.9 Å². The number of para-hydroxylation sites is 2. The second-order valence-electron chi connectivity index (χ2n) is 11.2. The lowest BCUT2D eigenvalue weighted by molar-refractivity contribution is -0.118. The van der Waals surface area contributed by atoms with Crippen LogP contribution in [0.3, 0.4) is 0 Å². The summed E-state index contributed by atoms with van der Waals surface area (Å²) in [5.41, 5.74) is 3.34. The number of rotatable bonds is 12. The van der Waals surface area contributed by atoms with Crippen molar-refractivity contribution in [1.82, 2.24) is 9.66 Å². The fourth-order valence-electron chi connectivity index (χ4n) is 5.15. The Bertz CT molecular complexity index is 2060. The van der Waals surface area contributed by atoms with Crippen LogP contribution < -0.4 is 25.1 Å². The lowest BCUT2D eigenvalue weighted by Gasteiger charge is -2.18. The molecule has 1 heterocycles. The normalized spacial score (nSPS) is 11.3. The van der Waals surface area contributed by atoms with E-state index in [1.807, 2.05) is 32.0 Å². The van der Waals surface area contributed by atoms with Crippen LogP contribution in [0.5, 0.6) is 17.2 Å². The van der Waals surface area contributed by atoms with E-state index >= 15 is 0 Å². The molecule has 0 fully saturated rings. The predicted octanol–water partition coefficient (Wildman–Crippen LogP) is 7.98. The molecule has 0 saturated heterocycles. The van der Waals surface area contributed by atoms with Crippen molar-refractivity contribution in [2.75, 3.05) is 25.1 Å². The molecule has 248 valence electrons. The molecule has 5 rings (SSSR count). The number of hydrogen-bond donors (Lipinski definition) is 1. The minimum absolute atomic E-state index is 0.0347. The summed E-state index contributed by atoms with van der Waals surface area (Å²) in [6.45, 7) is 10.2. The van der Waals surface area contributed by atoms with E-state index < -0.39 is 18.3 Å². The Morgan fingerprint density at radius 1 is 1.00 bits per heavy atom. The Morgan fingerprint density at radius 2 is 1.71 bits per heavy atom. The number of nitrogens with zero attached hydrogens (tertiary/aromatic N) is 3. The Balaban J connectivity index is 1.53. The van der Waals surface area contributed by atoms with Crippen molar-refractivity contribution in [3.63, 3.8) is 0 Å². The largest absolute Gasteiger partial charge is 0.494 e. The van der Waals surface area contributed by atoms with E-state index in [1.165, 1.54) is 29.1 Å². The highest BCUT2D eigenvalue weighted by Crippen LogP contribution is 2.37. The van der Waals surface area contributed by atoms with Crippen molar-refractivity contribution >= 4 is 40.3 Å². The molecule has 0 aliphatic heterocycles. The first-order valence-electron chi connectivity index (χ1n) is 15.6. The Labute approximate surface area is 282 Å². The molecular weight excluding hydrogens is 635 g/mol. The van der Waals surface area contributed by atoms with Crippen LogP contribution >= 0.6 is 11.6 Å². The van der Waals surface area contributed by atoms with Gasteiger partial charge in [-0.3, -0.25) is 9.59 Å². The first-order chi connectivity index (χ1) is 23.1. The highest BCUT2D eigenvalue weighted by Gasteiger charge is 2.19. The van der Waals surface area contributed by atoms with Crippen molar-refractivity contribution < 1.29 is 23.4 Å². The zero-order valence-electron chi connectivity index (χ0n) is 27.3. The van der Waals surface area contributed by atoms with Crippen molar-refractivity contribution in [3.05, 3.63) is 111 Å². The summed E-state index contributed by atoms with van der Waals surface area (Å²) >= 11 is 6.61. The van der Waals surface area contributed by atoms with Crippen LogP contribution in [0.15, 0.2) is 82.7 Å². The molecule has 0 saturated carbocycles. The fraction of sp³-hybridized carbons (Fsp3) is 0.243. The van der Waals surface area contributed by atoms with E-state index in [4.69, 9.17) is 30.8 Å². The van der Waals surface area contributed by atoms with Crippen molar-refractivity contribution in [1.29, 1.82) is 0 Å². The quantitative estimate of drug-likeness (QED) is 0.135. The van der Waals surface area contributed by atoms with Crippen LogP contribution in [0.1, 0.15) is 50.3 Å². The van der Waals surface area contributed by atoms with Crippen LogP contribution in [0.2, 0.25) is 5.02 Å². The Morgan fingerprint density at radius 3 is 2.44 bits per heavy atom. The van der Waals surface area contributed by atoms with E-state index in [2.05, 4.69) is 24.3 Å². The van der Waals surface area contributed by atoms with Crippen molar-refractivity contribution in [3.8, 4) is 28.6 Å². The number of aryl methyl sites for hydroxylation is 1. The maximum Gasteiger partial charge on any atom is 0.282 e. The van der Waals surface area contributed by atoms with Gasteiger partial charge in [0.05, 0.1) is 41.0 Å². The van der Waals surface area contributed by atoms with E-state index in [0.717, 1.165) is 22.4 Å². The Kier molecular flexibility index (Phi) is 10.8. The zero-order valence-corrected chi connectivity index (χ0v) is 28.1. The molecule has 1 N–H and O–H groups in total. The SMILES string of the molecule is CCOc1cc(C)c(-c2nc3ccccc3c(=O)n2N=Cc2cc(Cl)c(OCC(=O)Nc3ccccc3F)c(OCC)c2)cc1C(C)C. The van der Waals surface area contributed by atoms with Crippen LogP contribution in [-0.2, 0) is 4.79 Å². The molecule has 0 aliphatic rings. The minimum Gasteiger partial charge on any atom is -0.494 e. The fourth-order valence-corrected chi connectivity index (χ4v) is 5.43. The number of fused-ring (bicyclic) bond motifs is 1. The van der Waals surface area contributed by atoms with Gasteiger partial charge in [0.25, 0.3) is 11.5 Å². The minimum atomic E-state index is -0.579. The maximum atomic E-state index is 14.0. The van der Waals surface area contributed by atoms with Gasteiger partial charge in [-0.25, -0.2) is 9.37 Å². The molecule has 1 amide bonds. The molecule has 4 aromatic carbocycles. The third kappa shape index (κ3) is 7.50. The van der Waals surface area contributed by atoms with Crippen LogP contribution in [0, 0.1) is 12.7 Å².